The number of fused-ring (bicyclic) bond motifs is 3. The van der Waals surface area contributed by atoms with Gasteiger partial charge in [0.05, 0.1) is 43.7 Å². The summed E-state index contributed by atoms with van der Waals surface area (Å²) in [5, 5.41) is 15.3. The predicted molar refractivity (Wildman–Crippen MR) is 134 cm³/mol. The topological polar surface area (TPSA) is 88.8 Å². The van der Waals surface area contributed by atoms with Crippen molar-refractivity contribution in [2.24, 2.45) is 0 Å². The second-order valence-corrected chi connectivity index (χ2v) is 10.4. The summed E-state index contributed by atoms with van der Waals surface area (Å²) in [6, 6.07) is 6.70. The van der Waals surface area contributed by atoms with E-state index in [0.29, 0.717) is 38.0 Å². The van der Waals surface area contributed by atoms with Gasteiger partial charge in [-0.2, -0.15) is 15.1 Å². The third-order valence-electron chi connectivity index (χ3n) is 7.78. The number of hydrogen-bond acceptors (Lipinski definition) is 8. The second kappa shape index (κ2) is 9.24. The predicted octanol–water partition coefficient (Wildman–Crippen LogP) is 2.62. The van der Waals surface area contributed by atoms with Crippen LogP contribution in [0.1, 0.15) is 36.8 Å². The molecule has 1 aromatic carbocycles. The second-order valence-electron chi connectivity index (χ2n) is 10.4. The number of alkyl halides is 1. The first-order valence-electron chi connectivity index (χ1n) is 12.7. The van der Waals surface area contributed by atoms with Crippen LogP contribution in [0.3, 0.4) is 0 Å². The average Bonchev–Trinajstić information content (AvgIpc) is 3.59. The van der Waals surface area contributed by atoms with Gasteiger partial charge in [-0.1, -0.05) is 0 Å². The molecule has 10 heteroatoms. The van der Waals surface area contributed by atoms with Gasteiger partial charge >= 0.3 is 6.01 Å². The molecule has 3 fully saturated rings. The Bertz CT molecular complexity index is 1270. The third-order valence-corrected chi connectivity index (χ3v) is 7.78. The number of aromatic nitrogens is 4. The fourth-order valence-corrected chi connectivity index (χ4v) is 6.07. The zero-order chi connectivity index (χ0) is 25.0. The first-order valence-corrected chi connectivity index (χ1v) is 12.7. The average molecular weight is 497 g/mol. The molecule has 2 aromatic heterocycles. The van der Waals surface area contributed by atoms with Crippen LogP contribution in [0.2, 0.25) is 0 Å². The van der Waals surface area contributed by atoms with Gasteiger partial charge in [0.15, 0.2) is 5.82 Å². The van der Waals surface area contributed by atoms with Gasteiger partial charge in [-0.15, -0.1) is 0 Å². The summed E-state index contributed by atoms with van der Waals surface area (Å²) >= 11 is 0. The Morgan fingerprint density at radius 2 is 2.06 bits per heavy atom. The summed E-state index contributed by atoms with van der Waals surface area (Å²) in [6.45, 7) is 6.90. The van der Waals surface area contributed by atoms with E-state index in [4.69, 9.17) is 9.47 Å². The van der Waals surface area contributed by atoms with Crippen molar-refractivity contribution in [1.82, 2.24) is 24.6 Å². The lowest BCUT2D eigenvalue weighted by molar-refractivity contribution is 0.0709. The highest BCUT2D eigenvalue weighted by Gasteiger charge is 2.40. The van der Waals surface area contributed by atoms with Gasteiger partial charge in [0, 0.05) is 37.0 Å². The molecule has 3 aromatic rings. The number of methoxy groups -OCH3 is 1. The van der Waals surface area contributed by atoms with Gasteiger partial charge in [-0.25, -0.2) is 9.07 Å². The number of benzene rings is 1. The maximum Gasteiger partial charge on any atom is 0.320 e. The summed E-state index contributed by atoms with van der Waals surface area (Å²) in [4.78, 5) is 13.5. The molecule has 5 atom stereocenters. The Labute approximate surface area is 209 Å². The van der Waals surface area contributed by atoms with Crippen LogP contribution in [0.4, 0.5) is 10.2 Å². The Hall–Kier alpha value is -2.82. The van der Waals surface area contributed by atoms with Crippen LogP contribution >= 0.6 is 0 Å². The van der Waals surface area contributed by atoms with E-state index in [1.165, 1.54) is 0 Å². The Morgan fingerprint density at radius 3 is 2.75 bits per heavy atom. The Kier molecular flexibility index (Phi) is 6.05. The molecule has 0 saturated carbocycles. The van der Waals surface area contributed by atoms with Gasteiger partial charge in [-0.05, 0) is 56.5 Å². The van der Waals surface area contributed by atoms with E-state index in [1.807, 2.05) is 24.1 Å². The maximum atomic E-state index is 15.4. The number of aryl methyl sites for hydroxylation is 1. The van der Waals surface area contributed by atoms with Gasteiger partial charge in [0.25, 0.3) is 0 Å². The number of nitrogens with zero attached hydrogens (tertiary/aromatic N) is 6. The van der Waals surface area contributed by atoms with Crippen molar-refractivity contribution in [3.05, 3.63) is 35.5 Å². The Balaban J connectivity index is 1.35. The van der Waals surface area contributed by atoms with Gasteiger partial charge in [0.2, 0.25) is 0 Å². The molecular formula is C26H33FN6O3. The number of hydrogen-bond donors (Lipinski definition) is 1. The minimum atomic E-state index is -0.997. The molecule has 0 radical (unpaired) electrons. The SMILES string of the molecule is COc1nc(N2C[C@@H]3C[C@H]2CO3)cc(-n2ncc3cc(C)c(C4CCN(CC(C)O)CC4F)cc32)n1. The van der Waals surface area contributed by atoms with Crippen LogP contribution in [-0.4, -0.2) is 94.1 Å². The van der Waals surface area contributed by atoms with Gasteiger partial charge < -0.3 is 19.5 Å². The third kappa shape index (κ3) is 4.21. The summed E-state index contributed by atoms with van der Waals surface area (Å²) in [6.07, 6.45) is 2.33. The number of ether oxygens (including phenoxy) is 2. The van der Waals surface area contributed by atoms with Crippen molar-refractivity contribution in [3.8, 4) is 11.8 Å². The van der Waals surface area contributed by atoms with E-state index < -0.39 is 12.3 Å². The van der Waals surface area contributed by atoms with E-state index in [-0.39, 0.29) is 18.0 Å². The largest absolute Gasteiger partial charge is 0.467 e. The number of aliphatic hydroxyl groups excluding tert-OH is 1. The van der Waals surface area contributed by atoms with Crippen LogP contribution in [0, 0.1) is 6.92 Å². The molecule has 36 heavy (non-hydrogen) atoms. The minimum absolute atomic E-state index is 0.196. The highest BCUT2D eigenvalue weighted by atomic mass is 19.1. The molecule has 1 N–H and O–H groups in total. The van der Waals surface area contributed by atoms with Crippen LogP contribution in [0.15, 0.2) is 24.4 Å². The Morgan fingerprint density at radius 1 is 1.22 bits per heavy atom. The summed E-state index contributed by atoms with van der Waals surface area (Å²) < 4.78 is 28.4. The molecule has 0 spiro atoms. The quantitative estimate of drug-likeness (QED) is 0.557. The van der Waals surface area contributed by atoms with Crippen molar-refractivity contribution < 1.29 is 19.0 Å². The molecule has 0 amide bonds. The highest BCUT2D eigenvalue weighted by molar-refractivity contribution is 5.82. The van der Waals surface area contributed by atoms with Crippen molar-refractivity contribution in [2.45, 2.75) is 57.0 Å². The molecule has 3 saturated heterocycles. The lowest BCUT2D eigenvalue weighted by atomic mass is 9.85. The summed E-state index contributed by atoms with van der Waals surface area (Å²) in [5.74, 6) is 1.23. The van der Waals surface area contributed by atoms with Crippen LogP contribution in [0.25, 0.3) is 16.7 Å². The molecule has 0 aliphatic carbocycles. The minimum Gasteiger partial charge on any atom is -0.467 e. The number of β-amino-alcohol motifs (C(OH)–C–C–N with tert-alkyl or cyclic N) is 1. The smallest absolute Gasteiger partial charge is 0.320 e. The lowest BCUT2D eigenvalue weighted by Gasteiger charge is -2.36. The van der Waals surface area contributed by atoms with Crippen LogP contribution in [0.5, 0.6) is 6.01 Å². The monoisotopic (exact) mass is 496 g/mol. The number of morpholine rings is 1. The molecular weight excluding hydrogens is 463 g/mol. The fraction of sp³-hybridized carbons (Fsp3) is 0.577. The first-order chi connectivity index (χ1) is 17.4. The zero-order valence-electron chi connectivity index (χ0n) is 21.0. The van der Waals surface area contributed by atoms with Crippen molar-refractivity contribution in [2.75, 3.05) is 44.8 Å². The zero-order valence-corrected chi connectivity index (χ0v) is 21.0. The molecule has 6 rings (SSSR count). The summed E-state index contributed by atoms with van der Waals surface area (Å²) in [5.41, 5.74) is 2.95. The van der Waals surface area contributed by atoms with E-state index in [0.717, 1.165) is 47.4 Å². The van der Waals surface area contributed by atoms with E-state index >= 15 is 4.39 Å². The molecule has 3 aliphatic heterocycles. The maximum absolute atomic E-state index is 15.4. The number of anilines is 1. The molecule has 3 unspecified atom stereocenters. The number of halogens is 1. The fourth-order valence-electron chi connectivity index (χ4n) is 6.07. The molecule has 2 bridgehead atoms. The number of aliphatic hydroxyl groups is 1. The number of piperidine rings is 1. The number of likely N-dealkylation sites (tertiary alicyclic amines) is 1. The highest BCUT2D eigenvalue weighted by Crippen LogP contribution is 2.36. The van der Waals surface area contributed by atoms with Crippen molar-refractivity contribution >= 4 is 16.7 Å². The van der Waals surface area contributed by atoms with Crippen LogP contribution < -0.4 is 9.64 Å². The van der Waals surface area contributed by atoms with E-state index in [1.54, 1.807) is 18.7 Å². The normalized spacial score (nSPS) is 27.2. The van der Waals surface area contributed by atoms with E-state index in [2.05, 4.69) is 32.1 Å². The van der Waals surface area contributed by atoms with Crippen molar-refractivity contribution in [3.63, 3.8) is 0 Å². The standard InChI is InChI=1S/C26H33FN6O3/c1-15-6-17-10-28-33(23(17)8-21(15)20-4-5-31(11-16(2)34)13-22(20)27)25-9-24(29-26(30-25)35-3)32-12-19-7-18(32)14-36-19/h6,8-10,16,18-20,22,34H,4-5,7,11-14H2,1-3H3/t16?,18-,19-,20?,22?/m0/s1. The molecule has 9 nitrogen and oxygen atoms in total. The van der Waals surface area contributed by atoms with Gasteiger partial charge in [-0.3, -0.25) is 4.90 Å². The molecule has 192 valence electrons. The molecule has 3 aliphatic rings. The van der Waals surface area contributed by atoms with Gasteiger partial charge in [0.1, 0.15) is 12.0 Å². The van der Waals surface area contributed by atoms with Crippen molar-refractivity contribution in [1.29, 1.82) is 0 Å². The number of rotatable bonds is 6. The molecule has 5 heterocycles. The lowest BCUT2D eigenvalue weighted by Crippen LogP contribution is -2.43. The van der Waals surface area contributed by atoms with Crippen LogP contribution in [-0.2, 0) is 4.74 Å². The van der Waals surface area contributed by atoms with E-state index in [9.17, 15) is 5.11 Å². The summed E-state index contributed by atoms with van der Waals surface area (Å²) in [7, 11) is 1.57. The first kappa shape index (κ1) is 23.6.